The minimum absolute atomic E-state index is 0.118. The normalized spacial score (nSPS) is 21.6. The summed E-state index contributed by atoms with van der Waals surface area (Å²) in [5, 5.41) is 0. The van der Waals surface area contributed by atoms with Crippen molar-refractivity contribution in [3.63, 3.8) is 0 Å². The molecule has 1 aliphatic rings. The largest absolute Gasteiger partial charge is 0.376 e. The second-order valence-electron chi connectivity index (χ2n) is 3.28. The summed E-state index contributed by atoms with van der Waals surface area (Å²) in [4.78, 5) is 18.5. The van der Waals surface area contributed by atoms with E-state index in [-0.39, 0.29) is 11.7 Å². The molecule has 0 bridgehead atoms. The summed E-state index contributed by atoms with van der Waals surface area (Å²) in [6.07, 6.45) is -0.248. The maximum absolute atomic E-state index is 11.5. The fraction of sp³-hybridized carbons (Fsp3) is 0.556. The zero-order valence-electron chi connectivity index (χ0n) is 8.25. The predicted octanol–water partition coefficient (Wildman–Crippen LogP) is 0.771. The Kier molecular flexibility index (Phi) is 3.37. The summed E-state index contributed by atoms with van der Waals surface area (Å²) in [6, 6.07) is 0. The second kappa shape index (κ2) is 4.58. The molecule has 1 aliphatic heterocycles. The van der Waals surface area contributed by atoms with Crippen LogP contribution < -0.4 is 5.56 Å². The van der Waals surface area contributed by atoms with Gasteiger partial charge in [-0.05, 0) is 29.5 Å². The molecule has 0 aliphatic carbocycles. The third-order valence-electron chi connectivity index (χ3n) is 2.17. The van der Waals surface area contributed by atoms with Gasteiger partial charge in [0.2, 0.25) is 0 Å². The van der Waals surface area contributed by atoms with E-state index in [4.69, 9.17) is 9.47 Å². The maximum Gasteiger partial charge on any atom is 0.264 e. The summed E-state index contributed by atoms with van der Waals surface area (Å²) in [5.74, 6) is 0.553. The van der Waals surface area contributed by atoms with Gasteiger partial charge in [0.05, 0.1) is 29.1 Å². The molecule has 0 radical (unpaired) electrons. The molecule has 1 saturated heterocycles. The molecular formula is C9H11IN2O3. The molecule has 1 aromatic heterocycles. The lowest BCUT2D eigenvalue weighted by atomic mass is 10.3. The fourth-order valence-electron chi connectivity index (χ4n) is 1.39. The number of H-pyrrole nitrogens is 1. The highest BCUT2D eigenvalue weighted by Gasteiger charge is 2.20. The van der Waals surface area contributed by atoms with Crippen LogP contribution in [0.3, 0.4) is 0 Å². The molecule has 0 spiro atoms. The Bertz CT molecular complexity index is 412. The van der Waals surface area contributed by atoms with E-state index in [1.165, 1.54) is 0 Å². The Morgan fingerprint density at radius 2 is 2.33 bits per heavy atom. The van der Waals surface area contributed by atoms with Gasteiger partial charge >= 0.3 is 0 Å². The summed E-state index contributed by atoms with van der Waals surface area (Å²) >= 11 is 1.98. The highest BCUT2D eigenvalue weighted by molar-refractivity contribution is 14.1. The maximum atomic E-state index is 11.5. The highest BCUT2D eigenvalue weighted by Crippen LogP contribution is 2.16. The number of aromatic nitrogens is 2. The van der Waals surface area contributed by atoms with Crippen LogP contribution in [-0.4, -0.2) is 29.8 Å². The van der Waals surface area contributed by atoms with Crippen molar-refractivity contribution >= 4 is 22.6 Å². The fourth-order valence-corrected chi connectivity index (χ4v) is 1.65. The van der Waals surface area contributed by atoms with Crippen LogP contribution in [0.25, 0.3) is 0 Å². The third-order valence-corrected chi connectivity index (χ3v) is 3.44. The first kappa shape index (κ1) is 11.0. The van der Waals surface area contributed by atoms with Gasteiger partial charge in [-0.25, -0.2) is 4.98 Å². The topological polar surface area (TPSA) is 64.2 Å². The first-order chi connectivity index (χ1) is 7.18. The van der Waals surface area contributed by atoms with E-state index in [2.05, 4.69) is 9.97 Å². The van der Waals surface area contributed by atoms with Crippen LogP contribution in [0.5, 0.6) is 0 Å². The van der Waals surface area contributed by atoms with Crippen LogP contribution in [0.4, 0.5) is 0 Å². The van der Waals surface area contributed by atoms with E-state index in [9.17, 15) is 4.79 Å². The van der Waals surface area contributed by atoms with Crippen molar-refractivity contribution in [3.05, 3.63) is 25.4 Å². The van der Waals surface area contributed by atoms with E-state index < -0.39 is 0 Å². The lowest BCUT2D eigenvalue weighted by molar-refractivity contribution is -0.0936. The summed E-state index contributed by atoms with van der Waals surface area (Å²) in [6.45, 7) is 3.40. The van der Waals surface area contributed by atoms with Gasteiger partial charge < -0.3 is 14.5 Å². The average Bonchev–Trinajstić information content (AvgIpc) is 2.26. The highest BCUT2D eigenvalue weighted by atomic mass is 127. The lowest BCUT2D eigenvalue weighted by Crippen LogP contribution is -2.27. The number of nitrogens with zero attached hydrogens (tertiary/aromatic N) is 1. The van der Waals surface area contributed by atoms with Gasteiger partial charge in [-0.3, -0.25) is 4.79 Å². The zero-order valence-corrected chi connectivity index (χ0v) is 10.4. The predicted molar refractivity (Wildman–Crippen MR) is 61.8 cm³/mol. The van der Waals surface area contributed by atoms with Gasteiger partial charge in [0.15, 0.2) is 0 Å². The summed E-state index contributed by atoms with van der Waals surface area (Å²) in [5.41, 5.74) is 0.607. The van der Waals surface area contributed by atoms with Crippen LogP contribution in [-0.2, 0) is 9.47 Å². The van der Waals surface area contributed by atoms with Crippen molar-refractivity contribution in [2.24, 2.45) is 0 Å². The number of rotatable bonds is 1. The van der Waals surface area contributed by atoms with E-state index >= 15 is 0 Å². The van der Waals surface area contributed by atoms with E-state index in [1.807, 2.05) is 29.5 Å². The third kappa shape index (κ3) is 2.37. The number of hydrogen-bond donors (Lipinski definition) is 1. The zero-order chi connectivity index (χ0) is 10.8. The van der Waals surface area contributed by atoms with Crippen molar-refractivity contribution in [1.82, 2.24) is 9.97 Å². The van der Waals surface area contributed by atoms with E-state index in [0.29, 0.717) is 29.2 Å². The molecule has 1 atom stereocenters. The molecule has 2 heterocycles. The van der Waals surface area contributed by atoms with Crippen molar-refractivity contribution in [3.8, 4) is 0 Å². The molecular weight excluding hydrogens is 311 g/mol. The van der Waals surface area contributed by atoms with Gasteiger partial charge in [0.1, 0.15) is 11.9 Å². The van der Waals surface area contributed by atoms with Crippen LogP contribution in [0.2, 0.25) is 0 Å². The first-order valence-electron chi connectivity index (χ1n) is 4.64. The first-order valence-corrected chi connectivity index (χ1v) is 5.72. The lowest BCUT2D eigenvalue weighted by Gasteiger charge is -2.22. The van der Waals surface area contributed by atoms with Gasteiger partial charge in [0, 0.05) is 0 Å². The molecule has 6 heteroatoms. The molecule has 1 N–H and O–H groups in total. The Hall–Kier alpha value is -0.470. The number of nitrogens with one attached hydrogen (secondary N) is 1. The Balaban J connectivity index is 2.32. The van der Waals surface area contributed by atoms with Crippen molar-refractivity contribution < 1.29 is 9.47 Å². The minimum Gasteiger partial charge on any atom is -0.376 e. The molecule has 0 amide bonds. The molecule has 0 aromatic carbocycles. The van der Waals surface area contributed by atoms with Gasteiger partial charge in [-0.2, -0.15) is 0 Å². The molecule has 2 rings (SSSR count). The van der Waals surface area contributed by atoms with Crippen LogP contribution >= 0.6 is 22.6 Å². The Labute approximate surface area is 100 Å². The molecule has 1 unspecified atom stereocenters. The van der Waals surface area contributed by atoms with E-state index in [0.717, 1.165) is 5.69 Å². The van der Waals surface area contributed by atoms with Crippen molar-refractivity contribution in [1.29, 1.82) is 0 Å². The van der Waals surface area contributed by atoms with Gasteiger partial charge in [-0.15, -0.1) is 0 Å². The molecule has 5 nitrogen and oxygen atoms in total. The SMILES string of the molecule is Cc1nc(C2COCCO2)[nH]c(=O)c1I. The van der Waals surface area contributed by atoms with Crippen molar-refractivity contribution in [2.45, 2.75) is 13.0 Å². The molecule has 1 fully saturated rings. The molecule has 15 heavy (non-hydrogen) atoms. The van der Waals surface area contributed by atoms with Crippen molar-refractivity contribution in [2.75, 3.05) is 19.8 Å². The Morgan fingerprint density at radius 3 is 2.93 bits per heavy atom. The molecule has 82 valence electrons. The smallest absolute Gasteiger partial charge is 0.264 e. The number of aromatic amines is 1. The Morgan fingerprint density at radius 1 is 1.53 bits per heavy atom. The van der Waals surface area contributed by atoms with Gasteiger partial charge in [-0.1, -0.05) is 0 Å². The quantitative estimate of drug-likeness (QED) is 0.776. The van der Waals surface area contributed by atoms with Crippen LogP contribution in [0, 0.1) is 10.5 Å². The number of halogens is 1. The van der Waals surface area contributed by atoms with Crippen LogP contribution in [0.1, 0.15) is 17.6 Å². The average molecular weight is 322 g/mol. The number of hydrogen-bond acceptors (Lipinski definition) is 4. The molecule has 0 saturated carbocycles. The molecule has 1 aromatic rings. The second-order valence-corrected chi connectivity index (χ2v) is 4.36. The minimum atomic E-state index is -0.248. The monoisotopic (exact) mass is 322 g/mol. The number of ether oxygens (including phenoxy) is 2. The van der Waals surface area contributed by atoms with Crippen LogP contribution in [0.15, 0.2) is 4.79 Å². The summed E-state index contributed by atoms with van der Waals surface area (Å²) in [7, 11) is 0. The summed E-state index contributed by atoms with van der Waals surface area (Å²) < 4.78 is 11.3. The number of aryl methyl sites for hydroxylation is 1. The standard InChI is InChI=1S/C9H11IN2O3/c1-5-7(10)9(13)12-8(11-5)6-4-14-2-3-15-6/h6H,2-4H2,1H3,(H,11,12,13). The van der Waals surface area contributed by atoms with Gasteiger partial charge in [0.25, 0.3) is 5.56 Å². The van der Waals surface area contributed by atoms with E-state index in [1.54, 1.807) is 0 Å².